The Balaban J connectivity index is 1.17. The number of nitrogens with one attached hydrogen (secondary N) is 2. The maximum absolute atomic E-state index is 14.2. The van der Waals surface area contributed by atoms with Crippen LogP contribution in [-0.2, 0) is 4.79 Å². The molecule has 7 heteroatoms. The number of hydrogen-bond acceptors (Lipinski definition) is 4. The van der Waals surface area contributed by atoms with E-state index in [-0.39, 0.29) is 35.6 Å². The van der Waals surface area contributed by atoms with Crippen LogP contribution in [0.25, 0.3) is 10.8 Å². The normalized spacial score (nSPS) is 19.5. The molecule has 0 aromatic heterocycles. The Kier molecular flexibility index (Phi) is 10.2. The van der Waals surface area contributed by atoms with Crippen molar-refractivity contribution in [3.8, 4) is 0 Å². The fourth-order valence-electron chi connectivity index (χ4n) is 6.80. The first-order valence-corrected chi connectivity index (χ1v) is 16.4. The van der Waals surface area contributed by atoms with E-state index in [4.69, 9.17) is 0 Å². The average Bonchev–Trinajstić information content (AvgIpc) is 3.23. The average molecular weight is 607 g/mol. The fourth-order valence-corrected chi connectivity index (χ4v) is 6.80. The molecular formula is C38H43FN4O2. The molecule has 4 aromatic rings. The van der Waals surface area contributed by atoms with Crippen LogP contribution in [0.2, 0.25) is 0 Å². The smallest absolute Gasteiger partial charge is 0.251 e. The standard InChI is InChI=1S/C38H43FN4O2/c39-33-17-16-30-24-32(15-14-31(30)25-33)37(44)40-26-34-18-23-43(38(45)36(41-34)19-22-42-20-8-3-9-21-42)27-35(28-10-4-1-5-11-28)29-12-6-2-7-13-29/h1-2,4-7,10-17,24-25,34-36,41H,3,8-9,18-23,26-27H2,(H,40,44)/t34-,36-/m0/s1. The quantitative estimate of drug-likeness (QED) is 0.233. The van der Waals surface area contributed by atoms with Crippen molar-refractivity contribution in [3.05, 3.63) is 120 Å². The molecular weight excluding hydrogens is 563 g/mol. The molecule has 234 valence electrons. The van der Waals surface area contributed by atoms with Crippen molar-refractivity contribution < 1.29 is 14.0 Å². The number of piperidine rings is 1. The molecule has 4 aromatic carbocycles. The number of fused-ring (bicyclic) bond motifs is 1. The van der Waals surface area contributed by atoms with Crippen molar-refractivity contribution in [2.24, 2.45) is 0 Å². The molecule has 2 heterocycles. The van der Waals surface area contributed by atoms with E-state index >= 15 is 0 Å². The Morgan fingerprint density at radius 2 is 1.51 bits per heavy atom. The highest BCUT2D eigenvalue weighted by molar-refractivity contribution is 5.98. The van der Waals surface area contributed by atoms with Crippen LogP contribution >= 0.6 is 0 Å². The van der Waals surface area contributed by atoms with Crippen LogP contribution < -0.4 is 10.6 Å². The second kappa shape index (κ2) is 14.8. The third-order valence-corrected chi connectivity index (χ3v) is 9.36. The number of nitrogens with zero attached hydrogens (tertiary/aromatic N) is 2. The first-order valence-electron chi connectivity index (χ1n) is 16.4. The first-order chi connectivity index (χ1) is 22.0. The summed E-state index contributed by atoms with van der Waals surface area (Å²) in [5, 5.41) is 8.34. The molecule has 0 unspecified atom stereocenters. The van der Waals surface area contributed by atoms with Gasteiger partial charge in [0.05, 0.1) is 6.04 Å². The van der Waals surface area contributed by atoms with E-state index in [1.807, 2.05) is 17.0 Å². The number of amides is 2. The van der Waals surface area contributed by atoms with Gasteiger partial charge in [0.15, 0.2) is 0 Å². The predicted octanol–water partition coefficient (Wildman–Crippen LogP) is 5.98. The molecule has 0 saturated carbocycles. The zero-order valence-electron chi connectivity index (χ0n) is 25.8. The van der Waals surface area contributed by atoms with Gasteiger partial charge in [-0.25, -0.2) is 4.39 Å². The van der Waals surface area contributed by atoms with Crippen LogP contribution in [-0.4, -0.2) is 73.0 Å². The minimum absolute atomic E-state index is 0.0456. The van der Waals surface area contributed by atoms with E-state index in [0.29, 0.717) is 25.2 Å². The Morgan fingerprint density at radius 1 is 0.844 bits per heavy atom. The van der Waals surface area contributed by atoms with Gasteiger partial charge >= 0.3 is 0 Å². The van der Waals surface area contributed by atoms with Crippen LogP contribution in [0, 0.1) is 5.82 Å². The minimum Gasteiger partial charge on any atom is -0.350 e. The van der Waals surface area contributed by atoms with Gasteiger partial charge in [0.25, 0.3) is 5.91 Å². The zero-order chi connectivity index (χ0) is 31.0. The van der Waals surface area contributed by atoms with Gasteiger partial charge in [-0.3, -0.25) is 9.59 Å². The van der Waals surface area contributed by atoms with Gasteiger partial charge in [0, 0.05) is 43.7 Å². The maximum atomic E-state index is 14.2. The molecule has 6 rings (SSSR count). The van der Waals surface area contributed by atoms with Crippen molar-refractivity contribution in [2.75, 3.05) is 39.3 Å². The molecule has 2 saturated heterocycles. The molecule has 0 aliphatic carbocycles. The number of rotatable bonds is 10. The summed E-state index contributed by atoms with van der Waals surface area (Å²) in [5.41, 5.74) is 2.93. The monoisotopic (exact) mass is 606 g/mol. The van der Waals surface area contributed by atoms with Crippen molar-refractivity contribution in [3.63, 3.8) is 0 Å². The van der Waals surface area contributed by atoms with Crippen molar-refractivity contribution in [1.82, 2.24) is 20.4 Å². The van der Waals surface area contributed by atoms with Gasteiger partial charge in [-0.15, -0.1) is 0 Å². The van der Waals surface area contributed by atoms with E-state index in [1.165, 1.54) is 42.5 Å². The highest BCUT2D eigenvalue weighted by Crippen LogP contribution is 2.27. The molecule has 45 heavy (non-hydrogen) atoms. The molecule has 2 aliphatic rings. The van der Waals surface area contributed by atoms with Gasteiger partial charge < -0.3 is 20.4 Å². The van der Waals surface area contributed by atoms with Crippen molar-refractivity contribution in [1.29, 1.82) is 0 Å². The zero-order valence-corrected chi connectivity index (χ0v) is 25.8. The van der Waals surface area contributed by atoms with Crippen LogP contribution in [0.4, 0.5) is 4.39 Å². The van der Waals surface area contributed by atoms with Crippen LogP contribution in [0.1, 0.15) is 59.5 Å². The summed E-state index contributed by atoms with van der Waals surface area (Å²) >= 11 is 0. The van der Waals surface area contributed by atoms with E-state index in [1.54, 1.807) is 24.3 Å². The van der Waals surface area contributed by atoms with Gasteiger partial charge in [0.2, 0.25) is 5.91 Å². The largest absolute Gasteiger partial charge is 0.350 e. The summed E-state index contributed by atoms with van der Waals surface area (Å²) in [7, 11) is 0. The third kappa shape index (κ3) is 7.96. The lowest BCUT2D eigenvalue weighted by atomic mass is 9.90. The number of carbonyl (C=O) groups excluding carboxylic acids is 2. The van der Waals surface area contributed by atoms with Gasteiger partial charge in [-0.05, 0) is 84.9 Å². The molecule has 2 aliphatic heterocycles. The van der Waals surface area contributed by atoms with E-state index in [9.17, 15) is 14.0 Å². The summed E-state index contributed by atoms with van der Waals surface area (Å²) in [4.78, 5) is 31.9. The summed E-state index contributed by atoms with van der Waals surface area (Å²) < 4.78 is 13.6. The predicted molar refractivity (Wildman–Crippen MR) is 178 cm³/mol. The lowest BCUT2D eigenvalue weighted by Crippen LogP contribution is -2.50. The van der Waals surface area contributed by atoms with Gasteiger partial charge in [-0.2, -0.15) is 0 Å². The number of benzene rings is 4. The highest BCUT2D eigenvalue weighted by atomic mass is 19.1. The van der Waals surface area contributed by atoms with Crippen LogP contribution in [0.15, 0.2) is 97.1 Å². The van der Waals surface area contributed by atoms with Gasteiger partial charge in [0.1, 0.15) is 5.82 Å². The van der Waals surface area contributed by atoms with E-state index in [0.717, 1.165) is 43.2 Å². The molecule has 0 spiro atoms. The second-order valence-electron chi connectivity index (χ2n) is 12.5. The molecule has 2 N–H and O–H groups in total. The fraction of sp³-hybridized carbons (Fsp3) is 0.368. The summed E-state index contributed by atoms with van der Waals surface area (Å²) in [5.74, 6) is -0.263. The summed E-state index contributed by atoms with van der Waals surface area (Å²) in [6.45, 7) is 4.70. The Bertz CT molecular complexity index is 1540. The van der Waals surface area contributed by atoms with Crippen molar-refractivity contribution in [2.45, 2.75) is 50.1 Å². The Hall–Kier alpha value is -4.07. The van der Waals surface area contributed by atoms with Crippen molar-refractivity contribution >= 4 is 22.6 Å². The molecule has 2 atom stereocenters. The third-order valence-electron chi connectivity index (χ3n) is 9.36. The Labute approximate surface area is 265 Å². The number of likely N-dealkylation sites (tertiary alicyclic amines) is 1. The van der Waals surface area contributed by atoms with Crippen LogP contribution in [0.3, 0.4) is 0 Å². The number of hydrogen-bond donors (Lipinski definition) is 2. The molecule has 2 fully saturated rings. The highest BCUT2D eigenvalue weighted by Gasteiger charge is 2.33. The van der Waals surface area contributed by atoms with E-state index in [2.05, 4.69) is 64.1 Å². The van der Waals surface area contributed by atoms with Crippen LogP contribution in [0.5, 0.6) is 0 Å². The summed E-state index contributed by atoms with van der Waals surface area (Å²) in [6, 6.07) is 30.4. The number of halogens is 1. The molecule has 0 bridgehead atoms. The van der Waals surface area contributed by atoms with Gasteiger partial charge in [-0.1, -0.05) is 79.2 Å². The summed E-state index contributed by atoms with van der Waals surface area (Å²) in [6.07, 6.45) is 5.18. The second-order valence-corrected chi connectivity index (χ2v) is 12.5. The lowest BCUT2D eigenvalue weighted by Gasteiger charge is -2.31. The minimum atomic E-state index is -0.320. The van der Waals surface area contributed by atoms with E-state index < -0.39 is 0 Å². The topological polar surface area (TPSA) is 64.7 Å². The maximum Gasteiger partial charge on any atom is 0.251 e. The molecule has 0 radical (unpaired) electrons. The first kappa shape index (κ1) is 30.9. The lowest BCUT2D eigenvalue weighted by molar-refractivity contribution is -0.133. The molecule has 6 nitrogen and oxygen atoms in total. The SMILES string of the molecule is O=C(NC[C@@H]1CCN(CC(c2ccccc2)c2ccccc2)C(=O)[C@H](CCN2CCCCC2)N1)c1ccc2cc(F)ccc2c1. The Morgan fingerprint density at radius 3 is 2.22 bits per heavy atom. The molecule has 2 amide bonds. The number of carbonyl (C=O) groups is 2.